The van der Waals surface area contributed by atoms with Gasteiger partial charge in [-0.2, -0.15) is 0 Å². The zero-order valence-electron chi connectivity index (χ0n) is 15.5. The lowest BCUT2D eigenvalue weighted by atomic mass is 10.1. The summed E-state index contributed by atoms with van der Waals surface area (Å²) in [5.74, 6) is -0.187. The largest absolute Gasteiger partial charge is 0.444 e. The van der Waals surface area contributed by atoms with Gasteiger partial charge in [0.25, 0.3) is 5.91 Å². The molecule has 0 saturated carbocycles. The summed E-state index contributed by atoms with van der Waals surface area (Å²) in [6, 6.07) is 14.9. The van der Waals surface area contributed by atoms with Crippen LogP contribution in [0.15, 0.2) is 75.2 Å². The summed E-state index contributed by atoms with van der Waals surface area (Å²) < 4.78 is 24.0. The lowest BCUT2D eigenvalue weighted by Crippen LogP contribution is -2.22. The van der Waals surface area contributed by atoms with Crippen LogP contribution >= 0.6 is 11.3 Å². The lowest BCUT2D eigenvalue weighted by Gasteiger charge is -2.03. The van der Waals surface area contributed by atoms with Gasteiger partial charge in [-0.15, -0.1) is 11.3 Å². The van der Waals surface area contributed by atoms with E-state index in [1.165, 1.54) is 18.4 Å². The molecule has 0 radical (unpaired) electrons. The second-order valence-corrected chi connectivity index (χ2v) is 7.58. The highest BCUT2D eigenvalue weighted by Crippen LogP contribution is 2.30. The van der Waals surface area contributed by atoms with Crippen LogP contribution in [0, 0.1) is 5.82 Å². The summed E-state index contributed by atoms with van der Waals surface area (Å²) in [7, 11) is 0. The zero-order chi connectivity index (χ0) is 20.5. The Morgan fingerprint density at radius 1 is 1.13 bits per heavy atom. The quantitative estimate of drug-likeness (QED) is 0.419. The third kappa shape index (κ3) is 3.48. The monoisotopic (exact) mass is 419 g/mol. The van der Waals surface area contributed by atoms with Gasteiger partial charge >= 0.3 is 0 Å². The average Bonchev–Trinajstić information content (AvgIpc) is 3.52. The number of rotatable bonds is 5. The van der Waals surface area contributed by atoms with Gasteiger partial charge in [-0.3, -0.25) is 4.79 Å². The second-order valence-electron chi connectivity index (χ2n) is 6.55. The summed E-state index contributed by atoms with van der Waals surface area (Å²) >= 11 is 1.59. The first-order valence-corrected chi connectivity index (χ1v) is 9.97. The molecule has 0 fully saturated rings. The molecular weight excluding hydrogens is 405 g/mol. The van der Waals surface area contributed by atoms with Crippen molar-refractivity contribution in [1.82, 2.24) is 15.5 Å². The van der Waals surface area contributed by atoms with Gasteiger partial charge in [0.1, 0.15) is 23.5 Å². The van der Waals surface area contributed by atoms with Crippen LogP contribution in [0.2, 0.25) is 0 Å². The first-order valence-electron chi connectivity index (χ1n) is 9.09. The molecule has 0 atom stereocenters. The van der Waals surface area contributed by atoms with Gasteiger partial charge in [0.2, 0.25) is 5.89 Å². The number of hydrogen-bond acceptors (Lipinski definition) is 6. The third-order valence-electron chi connectivity index (χ3n) is 4.57. The molecule has 0 aliphatic carbocycles. The molecule has 6 nitrogen and oxygen atoms in total. The van der Waals surface area contributed by atoms with Crippen molar-refractivity contribution in [2.24, 2.45) is 0 Å². The molecule has 0 bridgehead atoms. The van der Waals surface area contributed by atoms with Crippen molar-refractivity contribution in [3.05, 3.63) is 82.5 Å². The summed E-state index contributed by atoms with van der Waals surface area (Å²) in [4.78, 5) is 18.1. The fraction of sp³-hybridized carbons (Fsp3) is 0.0455. The van der Waals surface area contributed by atoms with E-state index < -0.39 is 0 Å². The van der Waals surface area contributed by atoms with E-state index >= 15 is 0 Å². The predicted molar refractivity (Wildman–Crippen MR) is 110 cm³/mol. The topological polar surface area (TPSA) is 81.2 Å². The summed E-state index contributed by atoms with van der Waals surface area (Å²) in [6.07, 6.45) is 1.46. The zero-order valence-corrected chi connectivity index (χ0v) is 16.3. The minimum Gasteiger partial charge on any atom is -0.444 e. The van der Waals surface area contributed by atoms with E-state index in [-0.39, 0.29) is 11.7 Å². The van der Waals surface area contributed by atoms with Crippen LogP contribution in [0.1, 0.15) is 15.2 Å². The van der Waals surface area contributed by atoms with Gasteiger partial charge in [-0.1, -0.05) is 11.2 Å². The van der Waals surface area contributed by atoms with Gasteiger partial charge in [0.15, 0.2) is 5.58 Å². The fourth-order valence-corrected chi connectivity index (χ4v) is 3.70. The molecule has 3 aromatic heterocycles. The maximum Gasteiger partial charge on any atom is 0.251 e. The van der Waals surface area contributed by atoms with Crippen molar-refractivity contribution in [3.63, 3.8) is 0 Å². The summed E-state index contributed by atoms with van der Waals surface area (Å²) in [5, 5.41) is 9.61. The number of oxazole rings is 1. The normalized spacial score (nSPS) is 11.1. The Kier molecular flexibility index (Phi) is 4.61. The number of hydrogen-bond donors (Lipinski definition) is 1. The lowest BCUT2D eigenvalue weighted by molar-refractivity contribution is 0.0951. The molecule has 148 valence electrons. The van der Waals surface area contributed by atoms with E-state index in [1.807, 2.05) is 17.5 Å². The van der Waals surface area contributed by atoms with Crippen LogP contribution in [0.4, 0.5) is 4.39 Å². The maximum absolute atomic E-state index is 13.1. The number of carbonyl (C=O) groups is 1. The molecule has 0 saturated heterocycles. The van der Waals surface area contributed by atoms with E-state index in [4.69, 9.17) is 8.94 Å². The molecular formula is C22H14FN3O3S. The third-order valence-corrected chi connectivity index (χ3v) is 5.45. The average molecular weight is 419 g/mol. The van der Waals surface area contributed by atoms with Crippen LogP contribution in [0.3, 0.4) is 0 Å². The van der Waals surface area contributed by atoms with Crippen molar-refractivity contribution < 1.29 is 18.1 Å². The molecule has 2 aromatic carbocycles. The molecule has 0 unspecified atom stereocenters. The Morgan fingerprint density at radius 3 is 2.80 bits per heavy atom. The van der Waals surface area contributed by atoms with Gasteiger partial charge in [-0.05, 0) is 53.9 Å². The van der Waals surface area contributed by atoms with Gasteiger partial charge in [0, 0.05) is 16.0 Å². The summed E-state index contributed by atoms with van der Waals surface area (Å²) in [5.41, 5.74) is 2.60. The van der Waals surface area contributed by atoms with Gasteiger partial charge in [-0.25, -0.2) is 9.37 Å². The maximum atomic E-state index is 13.1. The standard InChI is InChI=1S/C22H14FN3O3S/c23-15-6-3-13(4-7-15)22-25-18(12-28-22)20-17-10-14(5-8-19(17)29-26-20)21(27)24-11-16-2-1-9-30-16/h1-10,12H,11H2,(H,24,27). The Hall–Kier alpha value is -3.78. The number of fused-ring (bicyclic) bond motifs is 1. The highest BCUT2D eigenvalue weighted by Gasteiger charge is 2.17. The first-order chi connectivity index (χ1) is 14.7. The smallest absolute Gasteiger partial charge is 0.251 e. The van der Waals surface area contributed by atoms with Crippen molar-refractivity contribution >= 4 is 28.2 Å². The number of nitrogens with one attached hydrogen (secondary N) is 1. The number of benzene rings is 2. The number of aromatic nitrogens is 2. The van der Waals surface area contributed by atoms with E-state index in [0.717, 1.165) is 4.88 Å². The number of carbonyl (C=O) groups excluding carboxylic acids is 1. The van der Waals surface area contributed by atoms with Crippen LogP contribution in [-0.4, -0.2) is 16.0 Å². The number of halogens is 1. The van der Waals surface area contributed by atoms with Crippen molar-refractivity contribution in [3.8, 4) is 22.8 Å². The molecule has 3 heterocycles. The van der Waals surface area contributed by atoms with Gasteiger partial charge < -0.3 is 14.3 Å². The van der Waals surface area contributed by atoms with E-state index in [2.05, 4.69) is 15.5 Å². The number of thiophene rings is 1. The minimum absolute atomic E-state index is 0.190. The van der Waals surface area contributed by atoms with E-state index in [1.54, 1.807) is 41.7 Å². The molecule has 0 aliphatic rings. The van der Waals surface area contributed by atoms with Crippen LogP contribution < -0.4 is 5.32 Å². The molecule has 30 heavy (non-hydrogen) atoms. The Morgan fingerprint density at radius 2 is 2.00 bits per heavy atom. The van der Waals surface area contributed by atoms with Crippen molar-refractivity contribution in [1.29, 1.82) is 0 Å². The number of amides is 1. The highest BCUT2D eigenvalue weighted by molar-refractivity contribution is 7.09. The number of nitrogens with zero attached hydrogens (tertiary/aromatic N) is 2. The molecule has 0 aliphatic heterocycles. The van der Waals surface area contributed by atoms with E-state index in [9.17, 15) is 9.18 Å². The summed E-state index contributed by atoms with van der Waals surface area (Å²) in [6.45, 7) is 0.468. The molecule has 0 spiro atoms. The molecule has 1 N–H and O–H groups in total. The fourth-order valence-electron chi connectivity index (χ4n) is 3.05. The van der Waals surface area contributed by atoms with Crippen LogP contribution in [0.5, 0.6) is 0 Å². The highest BCUT2D eigenvalue weighted by atomic mass is 32.1. The SMILES string of the molecule is O=C(NCc1cccs1)c1ccc2onc(-c3coc(-c4ccc(F)cc4)n3)c2c1. The first kappa shape index (κ1) is 18.3. The van der Waals surface area contributed by atoms with Gasteiger partial charge in [0.05, 0.1) is 11.9 Å². The van der Waals surface area contributed by atoms with Crippen molar-refractivity contribution in [2.75, 3.05) is 0 Å². The molecule has 8 heteroatoms. The van der Waals surface area contributed by atoms with Crippen LogP contribution in [-0.2, 0) is 6.54 Å². The van der Waals surface area contributed by atoms with Crippen molar-refractivity contribution in [2.45, 2.75) is 6.54 Å². The minimum atomic E-state index is -0.335. The second kappa shape index (κ2) is 7.57. The predicted octanol–water partition coefficient (Wildman–Crippen LogP) is 5.28. The van der Waals surface area contributed by atoms with Crippen LogP contribution in [0.25, 0.3) is 33.8 Å². The Bertz CT molecular complexity index is 1320. The van der Waals surface area contributed by atoms with E-state index in [0.29, 0.717) is 45.9 Å². The Labute approximate surface area is 174 Å². The Balaban J connectivity index is 1.43. The molecule has 1 amide bonds. The molecule has 5 aromatic rings. The molecule has 5 rings (SSSR count).